The van der Waals surface area contributed by atoms with E-state index < -0.39 is 28.5 Å². The molecule has 2 rings (SSSR count). The van der Waals surface area contributed by atoms with Gasteiger partial charge in [0.05, 0.1) is 11.9 Å². The van der Waals surface area contributed by atoms with Gasteiger partial charge in [-0.3, -0.25) is 18.7 Å². The van der Waals surface area contributed by atoms with Crippen LogP contribution in [0.1, 0.15) is 62.0 Å². The minimum absolute atomic E-state index is 0.0659. The van der Waals surface area contributed by atoms with Crippen molar-refractivity contribution in [3.8, 4) is 0 Å². The van der Waals surface area contributed by atoms with E-state index in [0.717, 1.165) is 28.1 Å². The maximum atomic E-state index is 13.7. The molecule has 0 fully saturated rings. The molecule has 0 saturated heterocycles. The summed E-state index contributed by atoms with van der Waals surface area (Å²) < 4.78 is 26.4. The number of hydrogen-bond donors (Lipinski definition) is 1. The number of benzene rings is 2. The molecule has 0 aliphatic rings. The molecule has 36 heavy (non-hydrogen) atoms. The van der Waals surface area contributed by atoms with Crippen molar-refractivity contribution in [1.82, 2.24) is 10.2 Å². The van der Waals surface area contributed by atoms with E-state index in [4.69, 9.17) is 0 Å². The number of amides is 2. The monoisotopic (exact) mass is 515 g/mol. The highest BCUT2D eigenvalue weighted by atomic mass is 32.2. The van der Waals surface area contributed by atoms with E-state index in [1.165, 1.54) is 17.9 Å². The smallest absolute Gasteiger partial charge is 0.244 e. The van der Waals surface area contributed by atoms with Gasteiger partial charge in [0, 0.05) is 18.2 Å². The molecule has 0 heterocycles. The van der Waals surface area contributed by atoms with Crippen LogP contribution in [0.25, 0.3) is 0 Å². The lowest BCUT2D eigenvalue weighted by Crippen LogP contribution is -2.53. The molecule has 0 spiro atoms. The van der Waals surface area contributed by atoms with Crippen molar-refractivity contribution in [3.63, 3.8) is 0 Å². The average molecular weight is 516 g/mol. The fraction of sp³-hybridized carbons (Fsp3) is 0.444. The Morgan fingerprint density at radius 2 is 1.67 bits per heavy atom. The predicted octanol–water partition coefficient (Wildman–Crippen LogP) is 3.69. The van der Waals surface area contributed by atoms with E-state index in [1.54, 1.807) is 18.2 Å². The molecule has 2 amide bonds. The highest BCUT2D eigenvalue weighted by molar-refractivity contribution is 7.92. The van der Waals surface area contributed by atoms with Crippen molar-refractivity contribution in [3.05, 3.63) is 65.2 Å². The second-order valence-electron chi connectivity index (χ2n) is 9.07. The molecule has 8 nitrogen and oxygen atoms in total. The number of sulfonamides is 1. The van der Waals surface area contributed by atoms with Crippen LogP contribution in [0, 0.1) is 6.92 Å². The van der Waals surface area contributed by atoms with Crippen LogP contribution in [0.5, 0.6) is 0 Å². The summed E-state index contributed by atoms with van der Waals surface area (Å²) in [5.41, 5.74) is 2.38. The van der Waals surface area contributed by atoms with E-state index in [9.17, 15) is 22.8 Å². The van der Waals surface area contributed by atoms with Gasteiger partial charge in [-0.1, -0.05) is 50.2 Å². The maximum Gasteiger partial charge on any atom is 0.244 e. The quantitative estimate of drug-likeness (QED) is 0.434. The molecule has 2 atom stereocenters. The minimum Gasteiger partial charge on any atom is -0.352 e. The molecule has 0 saturated carbocycles. The number of anilines is 1. The molecule has 2 aromatic rings. The Hall–Kier alpha value is -3.20. The highest BCUT2D eigenvalue weighted by Crippen LogP contribution is 2.22. The summed E-state index contributed by atoms with van der Waals surface area (Å²) in [6.45, 7) is 8.65. The molecule has 196 valence electrons. The van der Waals surface area contributed by atoms with Crippen molar-refractivity contribution in [2.75, 3.05) is 17.1 Å². The molecule has 0 radical (unpaired) electrons. The van der Waals surface area contributed by atoms with Gasteiger partial charge < -0.3 is 10.2 Å². The highest BCUT2D eigenvalue weighted by Gasteiger charge is 2.32. The van der Waals surface area contributed by atoms with Crippen LogP contribution in [-0.2, 0) is 26.2 Å². The van der Waals surface area contributed by atoms with Crippen LogP contribution in [0.2, 0.25) is 0 Å². The van der Waals surface area contributed by atoms with Crippen LogP contribution in [0.15, 0.2) is 48.5 Å². The summed E-state index contributed by atoms with van der Waals surface area (Å²) in [6.07, 6.45) is 2.11. The topological polar surface area (TPSA) is 104 Å². The van der Waals surface area contributed by atoms with E-state index in [2.05, 4.69) is 5.32 Å². The zero-order chi connectivity index (χ0) is 27.0. The molecular formula is C27H37N3O5S. The number of ketones is 1. The standard InChI is InChI=1S/C27H37N3O5S/c1-7-20(4)28-27(33)25(8-2)29(17-23-13-10-9-12-19(23)3)26(32)18-30(36(6,34)35)24-15-11-14-22(16-24)21(5)31/h9-16,20,25H,7-8,17-18H2,1-6H3,(H,28,33). The van der Waals surface area contributed by atoms with Crippen molar-refractivity contribution in [2.24, 2.45) is 0 Å². The lowest BCUT2D eigenvalue weighted by molar-refractivity contribution is -0.140. The van der Waals surface area contributed by atoms with Gasteiger partial charge in [-0.25, -0.2) is 8.42 Å². The zero-order valence-electron chi connectivity index (χ0n) is 21.9. The molecule has 2 aromatic carbocycles. The number of rotatable bonds is 12. The number of Topliss-reactive ketones (excluding diaryl/α,β-unsaturated/α-hetero) is 1. The van der Waals surface area contributed by atoms with Gasteiger partial charge in [-0.2, -0.15) is 0 Å². The summed E-state index contributed by atoms with van der Waals surface area (Å²) >= 11 is 0. The molecule has 0 aliphatic heterocycles. The van der Waals surface area contributed by atoms with Gasteiger partial charge in [0.15, 0.2) is 5.78 Å². The van der Waals surface area contributed by atoms with E-state index in [0.29, 0.717) is 12.0 Å². The van der Waals surface area contributed by atoms with Crippen LogP contribution in [0.4, 0.5) is 5.69 Å². The van der Waals surface area contributed by atoms with E-state index in [1.807, 2.05) is 52.0 Å². The number of carbonyl (C=O) groups excluding carboxylic acids is 3. The molecule has 1 N–H and O–H groups in total. The Balaban J connectivity index is 2.49. The van der Waals surface area contributed by atoms with Crippen LogP contribution in [0.3, 0.4) is 0 Å². The van der Waals surface area contributed by atoms with Gasteiger partial charge in [0.2, 0.25) is 21.8 Å². The number of aryl methyl sites for hydroxylation is 1. The van der Waals surface area contributed by atoms with Crippen molar-refractivity contribution >= 4 is 33.3 Å². The Bertz CT molecular complexity index is 1200. The molecule has 2 unspecified atom stereocenters. The van der Waals surface area contributed by atoms with Crippen molar-refractivity contribution in [1.29, 1.82) is 0 Å². The Morgan fingerprint density at radius 3 is 2.22 bits per heavy atom. The molecular weight excluding hydrogens is 478 g/mol. The normalized spacial score (nSPS) is 12.9. The fourth-order valence-electron chi connectivity index (χ4n) is 3.83. The molecule has 9 heteroatoms. The first-order chi connectivity index (χ1) is 16.9. The van der Waals surface area contributed by atoms with Crippen LogP contribution in [-0.4, -0.2) is 55.8 Å². The van der Waals surface area contributed by atoms with Gasteiger partial charge in [0.1, 0.15) is 12.6 Å². The Labute approximate surface area is 214 Å². The fourth-order valence-corrected chi connectivity index (χ4v) is 4.67. The van der Waals surface area contributed by atoms with Gasteiger partial charge in [-0.05, 0) is 56.9 Å². The predicted molar refractivity (Wildman–Crippen MR) is 142 cm³/mol. The van der Waals surface area contributed by atoms with Crippen LogP contribution >= 0.6 is 0 Å². The third kappa shape index (κ3) is 7.65. The molecule has 0 aliphatic carbocycles. The number of carbonyl (C=O) groups is 3. The second kappa shape index (κ2) is 12.7. The first-order valence-corrected chi connectivity index (χ1v) is 14.0. The van der Waals surface area contributed by atoms with E-state index >= 15 is 0 Å². The molecule has 0 bridgehead atoms. The number of nitrogens with zero attached hydrogens (tertiary/aromatic N) is 2. The Morgan fingerprint density at radius 1 is 1.00 bits per heavy atom. The largest absolute Gasteiger partial charge is 0.352 e. The van der Waals surface area contributed by atoms with Crippen LogP contribution < -0.4 is 9.62 Å². The first kappa shape index (κ1) is 29.0. The first-order valence-electron chi connectivity index (χ1n) is 12.1. The maximum absolute atomic E-state index is 13.7. The average Bonchev–Trinajstić information content (AvgIpc) is 2.82. The third-order valence-electron chi connectivity index (χ3n) is 6.21. The summed E-state index contributed by atoms with van der Waals surface area (Å²) in [4.78, 5) is 40.2. The van der Waals surface area contributed by atoms with Gasteiger partial charge in [0.25, 0.3) is 0 Å². The third-order valence-corrected chi connectivity index (χ3v) is 7.35. The summed E-state index contributed by atoms with van der Waals surface area (Å²) in [7, 11) is -3.87. The number of nitrogens with one attached hydrogen (secondary N) is 1. The van der Waals surface area contributed by atoms with Crippen molar-refractivity contribution in [2.45, 2.75) is 66.1 Å². The summed E-state index contributed by atoms with van der Waals surface area (Å²) in [5.74, 6) is -1.01. The van der Waals surface area contributed by atoms with Gasteiger partial charge in [-0.15, -0.1) is 0 Å². The zero-order valence-corrected chi connectivity index (χ0v) is 22.8. The summed E-state index contributed by atoms with van der Waals surface area (Å²) in [5, 5.41) is 2.95. The minimum atomic E-state index is -3.87. The van der Waals surface area contributed by atoms with Crippen molar-refractivity contribution < 1.29 is 22.8 Å². The number of hydrogen-bond acceptors (Lipinski definition) is 5. The second-order valence-corrected chi connectivity index (χ2v) is 11.0. The lowest BCUT2D eigenvalue weighted by Gasteiger charge is -2.33. The van der Waals surface area contributed by atoms with E-state index in [-0.39, 0.29) is 30.0 Å². The Kier molecular flexibility index (Phi) is 10.2. The van der Waals surface area contributed by atoms with Gasteiger partial charge >= 0.3 is 0 Å². The SMILES string of the molecule is CCC(C)NC(=O)C(CC)N(Cc1ccccc1C)C(=O)CN(c1cccc(C(C)=O)c1)S(C)(=O)=O. The lowest BCUT2D eigenvalue weighted by atomic mass is 10.1. The molecule has 0 aromatic heterocycles. The summed E-state index contributed by atoms with van der Waals surface area (Å²) in [6, 6.07) is 12.9.